The molecule has 0 aromatic heterocycles. The van der Waals surface area contributed by atoms with Gasteiger partial charge in [0.15, 0.2) is 34.8 Å². The van der Waals surface area contributed by atoms with E-state index in [0.29, 0.717) is 17.7 Å². The molecule has 0 unspecified atom stereocenters. The second kappa shape index (κ2) is 9.64. The van der Waals surface area contributed by atoms with E-state index < -0.39 is 52.3 Å². The summed E-state index contributed by atoms with van der Waals surface area (Å²) in [5.41, 5.74) is 0.306. The van der Waals surface area contributed by atoms with Crippen LogP contribution in [0.1, 0.15) is 18.1 Å². The molecule has 0 fully saturated rings. The molecule has 9 heteroatoms. The molecule has 0 aliphatic carbocycles. The normalized spacial score (nSPS) is 11.6. The van der Waals surface area contributed by atoms with Crippen LogP contribution in [0.5, 0.6) is 5.75 Å². The van der Waals surface area contributed by atoms with Gasteiger partial charge in [-0.1, -0.05) is 43.3 Å². The molecule has 186 valence electrons. The van der Waals surface area contributed by atoms with Crippen LogP contribution in [0.2, 0.25) is 0 Å². The largest absolute Gasteiger partial charge is 0.427 e. The highest BCUT2D eigenvalue weighted by Gasteiger charge is 2.38. The molecule has 0 N–H and O–H groups in total. The number of ether oxygens (including phenoxy) is 1. The highest BCUT2D eigenvalue weighted by atomic mass is 19.3. The second-order valence-electron chi connectivity index (χ2n) is 7.89. The lowest BCUT2D eigenvalue weighted by Crippen LogP contribution is -2.24. The molecular formula is C27H16F8O. The molecule has 0 radical (unpaired) electrons. The van der Waals surface area contributed by atoms with Gasteiger partial charge < -0.3 is 4.74 Å². The summed E-state index contributed by atoms with van der Waals surface area (Å²) in [4.78, 5) is 0. The van der Waals surface area contributed by atoms with Gasteiger partial charge in [-0.05, 0) is 59.0 Å². The van der Waals surface area contributed by atoms with E-state index in [2.05, 4.69) is 4.74 Å². The molecule has 0 amide bonds. The SMILES string of the molecule is CCc1ccc(-c2ccc(-c3cc(F)c(OC(F)(F)c4cc(F)c(F)c(F)c4)c(F)c3)c(F)c2)cc1. The zero-order valence-electron chi connectivity index (χ0n) is 18.5. The molecule has 0 aliphatic rings. The Morgan fingerprint density at radius 2 is 1.14 bits per heavy atom. The zero-order chi connectivity index (χ0) is 26.2. The van der Waals surface area contributed by atoms with Crippen LogP contribution in [0.4, 0.5) is 35.1 Å². The van der Waals surface area contributed by atoms with Crippen molar-refractivity contribution in [3.63, 3.8) is 0 Å². The molecular weight excluding hydrogens is 492 g/mol. The first-order chi connectivity index (χ1) is 17.0. The van der Waals surface area contributed by atoms with E-state index in [1.807, 2.05) is 19.1 Å². The Labute approximate surface area is 200 Å². The van der Waals surface area contributed by atoms with Crippen molar-refractivity contribution >= 4 is 0 Å². The van der Waals surface area contributed by atoms with Crippen LogP contribution in [0.15, 0.2) is 66.7 Å². The van der Waals surface area contributed by atoms with E-state index in [0.717, 1.165) is 17.5 Å². The van der Waals surface area contributed by atoms with Crippen molar-refractivity contribution in [1.82, 2.24) is 0 Å². The highest BCUT2D eigenvalue weighted by Crippen LogP contribution is 2.38. The van der Waals surface area contributed by atoms with E-state index in [1.54, 1.807) is 12.1 Å². The summed E-state index contributed by atoms with van der Waals surface area (Å²) in [6.07, 6.45) is -3.80. The van der Waals surface area contributed by atoms with Gasteiger partial charge in [-0.15, -0.1) is 0 Å². The van der Waals surface area contributed by atoms with Gasteiger partial charge in [0, 0.05) is 5.56 Å². The van der Waals surface area contributed by atoms with Crippen molar-refractivity contribution in [3.05, 3.63) is 113 Å². The average molecular weight is 508 g/mol. The minimum absolute atomic E-state index is 0.0602. The van der Waals surface area contributed by atoms with Crippen molar-refractivity contribution < 1.29 is 39.9 Å². The lowest BCUT2D eigenvalue weighted by Gasteiger charge is -2.20. The van der Waals surface area contributed by atoms with E-state index in [4.69, 9.17) is 0 Å². The summed E-state index contributed by atoms with van der Waals surface area (Å²) in [6.45, 7) is 1.99. The van der Waals surface area contributed by atoms with Gasteiger partial charge in [-0.3, -0.25) is 0 Å². The molecule has 4 rings (SSSR count). The predicted molar refractivity (Wildman–Crippen MR) is 117 cm³/mol. The van der Waals surface area contributed by atoms with Gasteiger partial charge >= 0.3 is 6.11 Å². The van der Waals surface area contributed by atoms with Crippen LogP contribution in [-0.4, -0.2) is 0 Å². The van der Waals surface area contributed by atoms with Crippen molar-refractivity contribution in [2.75, 3.05) is 0 Å². The first-order valence-corrected chi connectivity index (χ1v) is 10.6. The summed E-state index contributed by atoms with van der Waals surface area (Å²) in [5.74, 6) is -11.5. The topological polar surface area (TPSA) is 9.23 Å². The van der Waals surface area contributed by atoms with E-state index in [1.165, 1.54) is 18.2 Å². The third-order valence-corrected chi connectivity index (χ3v) is 5.52. The number of hydrogen-bond donors (Lipinski definition) is 0. The number of aryl methyl sites for hydroxylation is 1. The van der Waals surface area contributed by atoms with Gasteiger partial charge in [0.1, 0.15) is 5.82 Å². The van der Waals surface area contributed by atoms with Gasteiger partial charge in [-0.2, -0.15) is 8.78 Å². The number of halogens is 8. The Balaban J connectivity index is 1.64. The van der Waals surface area contributed by atoms with Crippen LogP contribution < -0.4 is 4.74 Å². The van der Waals surface area contributed by atoms with Gasteiger partial charge in [0.05, 0.1) is 5.56 Å². The third kappa shape index (κ3) is 4.91. The van der Waals surface area contributed by atoms with Gasteiger partial charge in [0.2, 0.25) is 0 Å². The molecule has 0 heterocycles. The van der Waals surface area contributed by atoms with Crippen molar-refractivity contribution in [2.24, 2.45) is 0 Å². The van der Waals surface area contributed by atoms with Gasteiger partial charge in [-0.25, -0.2) is 26.3 Å². The number of hydrogen-bond acceptors (Lipinski definition) is 1. The van der Waals surface area contributed by atoms with Crippen molar-refractivity contribution in [2.45, 2.75) is 19.5 Å². The summed E-state index contributed by atoms with van der Waals surface area (Å²) < 4.78 is 117. The molecule has 0 bridgehead atoms. The summed E-state index contributed by atoms with van der Waals surface area (Å²) in [6, 6.07) is 12.4. The smallest absolute Gasteiger partial charge is 0.423 e. The molecule has 0 atom stereocenters. The summed E-state index contributed by atoms with van der Waals surface area (Å²) in [5, 5.41) is 0. The molecule has 4 aromatic rings. The fourth-order valence-electron chi connectivity index (χ4n) is 3.59. The van der Waals surface area contributed by atoms with E-state index in [-0.39, 0.29) is 23.3 Å². The van der Waals surface area contributed by atoms with E-state index in [9.17, 15) is 35.1 Å². The monoisotopic (exact) mass is 508 g/mol. The summed E-state index contributed by atoms with van der Waals surface area (Å²) in [7, 11) is 0. The fourth-order valence-corrected chi connectivity index (χ4v) is 3.59. The molecule has 0 saturated carbocycles. The van der Waals surface area contributed by atoms with Crippen molar-refractivity contribution in [1.29, 1.82) is 0 Å². The van der Waals surface area contributed by atoms with Crippen LogP contribution in [-0.2, 0) is 12.5 Å². The maximum Gasteiger partial charge on any atom is 0.427 e. The number of alkyl halides is 2. The Morgan fingerprint density at radius 3 is 1.67 bits per heavy atom. The Bertz CT molecular complexity index is 1380. The summed E-state index contributed by atoms with van der Waals surface area (Å²) >= 11 is 0. The second-order valence-corrected chi connectivity index (χ2v) is 7.89. The van der Waals surface area contributed by atoms with Gasteiger partial charge in [0.25, 0.3) is 0 Å². The molecule has 0 saturated heterocycles. The number of rotatable bonds is 6. The van der Waals surface area contributed by atoms with Crippen LogP contribution in [0, 0.1) is 34.9 Å². The lowest BCUT2D eigenvalue weighted by molar-refractivity contribution is -0.188. The quantitative estimate of drug-likeness (QED) is 0.187. The van der Waals surface area contributed by atoms with Crippen LogP contribution in [0.3, 0.4) is 0 Å². The van der Waals surface area contributed by atoms with Crippen LogP contribution in [0.25, 0.3) is 22.3 Å². The Morgan fingerprint density at radius 1 is 0.611 bits per heavy atom. The molecule has 0 aliphatic heterocycles. The lowest BCUT2D eigenvalue weighted by atomic mass is 9.98. The van der Waals surface area contributed by atoms with Crippen LogP contribution >= 0.6 is 0 Å². The maximum atomic E-state index is 14.8. The molecule has 36 heavy (non-hydrogen) atoms. The fraction of sp³-hybridized carbons (Fsp3) is 0.111. The molecule has 1 nitrogen and oxygen atoms in total. The van der Waals surface area contributed by atoms with E-state index >= 15 is 0 Å². The minimum atomic E-state index is -4.63. The first kappa shape index (κ1) is 25.2. The number of benzene rings is 4. The maximum absolute atomic E-state index is 14.8. The molecule has 4 aromatic carbocycles. The first-order valence-electron chi connectivity index (χ1n) is 10.6. The predicted octanol–water partition coefficient (Wildman–Crippen LogP) is 8.55. The van der Waals surface area contributed by atoms with Crippen molar-refractivity contribution in [3.8, 4) is 28.0 Å². The molecule has 0 spiro atoms. The standard InChI is InChI=1S/C27H16F8O/c1-2-14-3-5-15(6-4-14)16-7-8-19(20(28)9-16)17-10-23(31)26(24(32)11-17)36-27(34,35)18-12-21(29)25(33)22(30)13-18/h3-13H,2H2,1H3. The Kier molecular flexibility index (Phi) is 6.75. The minimum Gasteiger partial charge on any atom is -0.423 e. The highest BCUT2D eigenvalue weighted by molar-refractivity contribution is 5.71. The zero-order valence-corrected chi connectivity index (χ0v) is 18.5. The Hall–Kier alpha value is -3.88. The average Bonchev–Trinajstić information content (AvgIpc) is 2.84. The third-order valence-electron chi connectivity index (χ3n) is 5.52.